The molecule has 2 aromatic heterocycles. The molecule has 152 valence electrons. The summed E-state index contributed by atoms with van der Waals surface area (Å²) in [4.78, 5) is 15.1. The SMILES string of the molecule is N#Cc1ccccc1-c1ccc(=O)n2c1[C@@H]1C[C@@H](CN(Cc3ccc(CO)o3)C1)C2. The number of likely N-dealkylation sites (tertiary alicyclic amines) is 1. The summed E-state index contributed by atoms with van der Waals surface area (Å²) in [5.41, 5.74) is 3.57. The fourth-order valence-electron chi connectivity index (χ4n) is 5.10. The van der Waals surface area contributed by atoms with E-state index in [0.717, 1.165) is 42.1 Å². The Bertz CT molecular complexity index is 1190. The molecule has 5 rings (SSSR count). The molecule has 6 nitrogen and oxygen atoms in total. The largest absolute Gasteiger partial charge is 0.462 e. The summed E-state index contributed by atoms with van der Waals surface area (Å²) in [7, 11) is 0. The quantitative estimate of drug-likeness (QED) is 0.726. The van der Waals surface area contributed by atoms with Gasteiger partial charge in [0.2, 0.25) is 0 Å². The van der Waals surface area contributed by atoms with Gasteiger partial charge >= 0.3 is 0 Å². The Kier molecular flexibility index (Phi) is 4.78. The summed E-state index contributed by atoms with van der Waals surface area (Å²) in [6.07, 6.45) is 1.04. The molecule has 0 spiro atoms. The number of nitriles is 1. The minimum absolute atomic E-state index is 0.0324. The number of hydrogen-bond donors (Lipinski definition) is 1. The van der Waals surface area contributed by atoms with Crippen molar-refractivity contribution in [1.82, 2.24) is 9.47 Å². The van der Waals surface area contributed by atoms with Gasteiger partial charge in [-0.2, -0.15) is 5.26 Å². The van der Waals surface area contributed by atoms with E-state index in [0.29, 0.717) is 30.3 Å². The Morgan fingerprint density at radius 2 is 1.87 bits per heavy atom. The second-order valence-corrected chi connectivity index (χ2v) is 8.26. The molecule has 0 amide bonds. The first-order valence-corrected chi connectivity index (χ1v) is 10.3. The van der Waals surface area contributed by atoms with Crippen molar-refractivity contribution in [3.63, 3.8) is 0 Å². The molecular weight excluding hydrogens is 378 g/mol. The molecule has 1 aromatic carbocycles. The van der Waals surface area contributed by atoms with Gasteiger partial charge in [-0.1, -0.05) is 18.2 Å². The van der Waals surface area contributed by atoms with Crippen LogP contribution in [0.1, 0.15) is 35.1 Å². The van der Waals surface area contributed by atoms with Crippen LogP contribution >= 0.6 is 0 Å². The van der Waals surface area contributed by atoms with Crippen LogP contribution in [-0.4, -0.2) is 27.7 Å². The maximum absolute atomic E-state index is 12.7. The van der Waals surface area contributed by atoms with Gasteiger partial charge in [0, 0.05) is 48.4 Å². The summed E-state index contributed by atoms with van der Waals surface area (Å²) < 4.78 is 7.61. The van der Waals surface area contributed by atoms with E-state index in [9.17, 15) is 15.2 Å². The molecule has 0 unspecified atom stereocenters. The summed E-state index contributed by atoms with van der Waals surface area (Å²) >= 11 is 0. The lowest BCUT2D eigenvalue weighted by molar-refractivity contribution is 0.107. The van der Waals surface area contributed by atoms with Gasteiger partial charge in [-0.15, -0.1) is 0 Å². The average Bonchev–Trinajstić information content (AvgIpc) is 3.22. The number of pyridine rings is 1. The van der Waals surface area contributed by atoms with Crippen LogP contribution < -0.4 is 5.56 Å². The number of aromatic nitrogens is 1. The highest BCUT2D eigenvalue weighted by atomic mass is 16.4. The number of aliphatic hydroxyl groups excluding tert-OH is 1. The number of hydrogen-bond acceptors (Lipinski definition) is 5. The van der Waals surface area contributed by atoms with Crippen molar-refractivity contribution >= 4 is 0 Å². The molecular formula is C24H23N3O3. The van der Waals surface area contributed by atoms with Gasteiger partial charge in [-0.3, -0.25) is 9.69 Å². The Balaban J connectivity index is 1.52. The Hall–Kier alpha value is -3.14. The van der Waals surface area contributed by atoms with E-state index in [1.54, 1.807) is 6.07 Å². The topological polar surface area (TPSA) is 82.4 Å². The molecule has 2 bridgehead atoms. The van der Waals surface area contributed by atoms with Crippen LogP contribution in [0, 0.1) is 17.2 Å². The van der Waals surface area contributed by atoms with Crippen molar-refractivity contribution in [1.29, 1.82) is 5.26 Å². The van der Waals surface area contributed by atoms with Crippen molar-refractivity contribution in [3.8, 4) is 17.2 Å². The van der Waals surface area contributed by atoms with Gasteiger partial charge < -0.3 is 14.1 Å². The highest BCUT2D eigenvalue weighted by molar-refractivity contribution is 5.73. The molecule has 6 heteroatoms. The highest BCUT2D eigenvalue weighted by Crippen LogP contribution is 2.40. The number of furan rings is 1. The van der Waals surface area contributed by atoms with Gasteiger partial charge in [0.1, 0.15) is 18.1 Å². The Morgan fingerprint density at radius 1 is 1.03 bits per heavy atom. The molecule has 1 N–H and O–H groups in total. The monoisotopic (exact) mass is 401 g/mol. The number of fused-ring (bicyclic) bond motifs is 4. The van der Waals surface area contributed by atoms with Crippen molar-refractivity contribution in [2.45, 2.75) is 32.0 Å². The second-order valence-electron chi connectivity index (χ2n) is 8.26. The maximum Gasteiger partial charge on any atom is 0.250 e. The molecule has 1 fully saturated rings. The maximum atomic E-state index is 12.7. The normalized spacial score (nSPS) is 20.5. The zero-order valence-corrected chi connectivity index (χ0v) is 16.6. The molecule has 0 saturated carbocycles. The van der Waals surface area contributed by atoms with Crippen LogP contribution in [0.25, 0.3) is 11.1 Å². The number of rotatable bonds is 4. The summed E-state index contributed by atoms with van der Waals surface area (Å²) in [5.74, 6) is 2.05. The van der Waals surface area contributed by atoms with E-state index in [2.05, 4.69) is 11.0 Å². The third kappa shape index (κ3) is 3.26. The van der Waals surface area contributed by atoms with Crippen molar-refractivity contribution in [3.05, 3.63) is 81.7 Å². The van der Waals surface area contributed by atoms with Crippen LogP contribution in [0.4, 0.5) is 0 Å². The zero-order valence-electron chi connectivity index (χ0n) is 16.6. The lowest BCUT2D eigenvalue weighted by atomic mass is 9.80. The zero-order chi connectivity index (χ0) is 20.7. The summed E-state index contributed by atoms with van der Waals surface area (Å²) in [6, 6.07) is 17.1. The number of nitrogens with zero attached hydrogens (tertiary/aromatic N) is 3. The standard InChI is InChI=1S/C24H23N3O3/c25-10-17-3-1-2-4-21(17)22-7-8-23(29)27-12-16-9-18(24(22)27)13-26(11-16)14-19-5-6-20(15-28)30-19/h1-8,16,18,28H,9,11-15H2/t16-,18+/m0/s1. The molecule has 0 radical (unpaired) electrons. The van der Waals surface area contributed by atoms with Gasteiger partial charge in [-0.25, -0.2) is 0 Å². The Morgan fingerprint density at radius 3 is 2.67 bits per heavy atom. The second kappa shape index (κ2) is 7.60. The van der Waals surface area contributed by atoms with E-state index in [4.69, 9.17) is 4.42 Å². The Labute approximate surface area is 174 Å². The van der Waals surface area contributed by atoms with Gasteiger partial charge in [0.15, 0.2) is 0 Å². The number of aliphatic hydroxyl groups is 1. The van der Waals surface area contributed by atoms with Crippen LogP contribution in [0.2, 0.25) is 0 Å². The summed E-state index contributed by atoms with van der Waals surface area (Å²) in [5, 5.41) is 18.8. The molecule has 2 atom stereocenters. The minimum atomic E-state index is -0.0940. The third-order valence-electron chi connectivity index (χ3n) is 6.26. The predicted molar refractivity (Wildman–Crippen MR) is 112 cm³/mol. The first-order valence-electron chi connectivity index (χ1n) is 10.3. The fraction of sp³-hybridized carbons (Fsp3) is 0.333. The first kappa shape index (κ1) is 18.9. The lowest BCUT2D eigenvalue weighted by Crippen LogP contribution is -2.47. The van der Waals surface area contributed by atoms with E-state index in [-0.39, 0.29) is 18.1 Å². The van der Waals surface area contributed by atoms with Crippen LogP contribution in [-0.2, 0) is 19.7 Å². The summed E-state index contributed by atoms with van der Waals surface area (Å²) in [6.45, 7) is 3.04. The fourth-order valence-corrected chi connectivity index (χ4v) is 5.10. The van der Waals surface area contributed by atoms with Crippen LogP contribution in [0.15, 0.2) is 57.7 Å². The third-order valence-corrected chi connectivity index (χ3v) is 6.26. The predicted octanol–water partition coefficient (Wildman–Crippen LogP) is 3.09. The molecule has 0 aliphatic carbocycles. The van der Waals surface area contributed by atoms with Crippen molar-refractivity contribution < 1.29 is 9.52 Å². The van der Waals surface area contributed by atoms with Crippen LogP contribution in [0.3, 0.4) is 0 Å². The first-order chi connectivity index (χ1) is 14.7. The minimum Gasteiger partial charge on any atom is -0.462 e. The van der Waals surface area contributed by atoms with Gasteiger partial charge in [0.05, 0.1) is 18.2 Å². The van der Waals surface area contributed by atoms with E-state index >= 15 is 0 Å². The molecule has 1 saturated heterocycles. The van der Waals surface area contributed by atoms with E-state index < -0.39 is 0 Å². The number of piperidine rings is 1. The average molecular weight is 401 g/mol. The smallest absolute Gasteiger partial charge is 0.250 e. The molecule has 3 aromatic rings. The van der Waals surface area contributed by atoms with Crippen molar-refractivity contribution in [2.75, 3.05) is 13.1 Å². The van der Waals surface area contributed by atoms with E-state index in [1.165, 1.54) is 0 Å². The van der Waals surface area contributed by atoms with Gasteiger partial charge in [-0.05, 0) is 36.6 Å². The lowest BCUT2D eigenvalue weighted by Gasteiger charge is -2.43. The highest BCUT2D eigenvalue weighted by Gasteiger charge is 2.36. The van der Waals surface area contributed by atoms with Crippen LogP contribution in [0.5, 0.6) is 0 Å². The molecule has 2 aliphatic rings. The number of benzene rings is 1. The molecule has 2 aliphatic heterocycles. The van der Waals surface area contributed by atoms with Gasteiger partial charge in [0.25, 0.3) is 5.56 Å². The molecule has 4 heterocycles. The van der Waals surface area contributed by atoms with Crippen molar-refractivity contribution in [2.24, 2.45) is 5.92 Å². The van der Waals surface area contributed by atoms with E-state index in [1.807, 2.05) is 47.0 Å². The molecule has 30 heavy (non-hydrogen) atoms.